The molecule has 3 rings (SSSR count). The number of likely N-dealkylation sites (tertiary alicyclic amines) is 1. The van der Waals surface area contributed by atoms with Gasteiger partial charge >= 0.3 is 12.1 Å². The van der Waals surface area contributed by atoms with Gasteiger partial charge in [0.15, 0.2) is 5.78 Å². The molecular weight excluding hydrogens is 442 g/mol. The summed E-state index contributed by atoms with van der Waals surface area (Å²) < 4.78 is 6.97. The summed E-state index contributed by atoms with van der Waals surface area (Å²) in [7, 11) is 0. The molecule has 0 spiro atoms. The first-order valence-corrected chi connectivity index (χ1v) is 9.54. The van der Waals surface area contributed by atoms with Crippen molar-refractivity contribution in [1.82, 2.24) is 14.7 Å². The van der Waals surface area contributed by atoms with Crippen molar-refractivity contribution in [2.24, 2.45) is 0 Å². The Morgan fingerprint density at radius 1 is 1.44 bits per heavy atom. The van der Waals surface area contributed by atoms with Crippen LogP contribution in [0.15, 0.2) is 22.8 Å². The molecule has 144 valence electrons. The Bertz CT molecular complexity index is 915. The van der Waals surface area contributed by atoms with Gasteiger partial charge in [0.2, 0.25) is 6.04 Å². The standard InChI is InChI=1S/C17H17BrClN3O5/c1-2-27-16(24)14(15(23)13-4-3-5-21(13)17(25)26)22-8-10-11(19)6-9(18)7-12(10)20-22/h6-8,13-14H,2-5H2,1H3,(H,25,26)/t13-,14?/m0/s1. The van der Waals surface area contributed by atoms with Gasteiger partial charge in [0.1, 0.15) is 0 Å². The molecule has 2 heterocycles. The van der Waals surface area contributed by atoms with Gasteiger partial charge in [-0.25, -0.2) is 14.3 Å². The molecule has 10 heteroatoms. The van der Waals surface area contributed by atoms with E-state index in [4.69, 9.17) is 16.3 Å². The fourth-order valence-electron chi connectivity index (χ4n) is 3.25. The average Bonchev–Trinajstić information content (AvgIpc) is 3.22. The second-order valence-electron chi connectivity index (χ2n) is 6.12. The number of halogens is 2. The zero-order chi connectivity index (χ0) is 19.7. The largest absolute Gasteiger partial charge is 0.465 e. The quantitative estimate of drug-likeness (QED) is 0.545. The molecule has 1 unspecified atom stereocenters. The predicted molar refractivity (Wildman–Crippen MR) is 101 cm³/mol. The van der Waals surface area contributed by atoms with Gasteiger partial charge in [-0.15, -0.1) is 0 Å². The molecule has 0 bridgehead atoms. The predicted octanol–water partition coefficient (Wildman–Crippen LogP) is 3.27. The van der Waals surface area contributed by atoms with Crippen molar-refractivity contribution in [3.05, 3.63) is 27.8 Å². The lowest BCUT2D eigenvalue weighted by Gasteiger charge is -2.24. The highest BCUT2D eigenvalue weighted by atomic mass is 79.9. The van der Waals surface area contributed by atoms with Crippen LogP contribution in [0.2, 0.25) is 5.02 Å². The van der Waals surface area contributed by atoms with Crippen molar-refractivity contribution in [1.29, 1.82) is 0 Å². The van der Waals surface area contributed by atoms with E-state index in [9.17, 15) is 19.5 Å². The molecule has 8 nitrogen and oxygen atoms in total. The highest BCUT2D eigenvalue weighted by Crippen LogP contribution is 2.30. The van der Waals surface area contributed by atoms with Crippen LogP contribution in [0.4, 0.5) is 4.79 Å². The maximum Gasteiger partial charge on any atom is 0.407 e. The van der Waals surface area contributed by atoms with E-state index < -0.39 is 29.9 Å². The van der Waals surface area contributed by atoms with E-state index in [0.717, 1.165) is 4.90 Å². The van der Waals surface area contributed by atoms with Crippen LogP contribution < -0.4 is 0 Å². The van der Waals surface area contributed by atoms with E-state index in [1.165, 1.54) is 10.9 Å². The van der Waals surface area contributed by atoms with E-state index >= 15 is 0 Å². The van der Waals surface area contributed by atoms with Crippen molar-refractivity contribution in [3.8, 4) is 0 Å². The molecule has 0 radical (unpaired) electrons. The molecule has 1 aromatic carbocycles. The molecule has 2 atom stereocenters. The third-order valence-corrected chi connectivity index (χ3v) is 5.20. The lowest BCUT2D eigenvalue weighted by molar-refractivity contribution is -0.152. The van der Waals surface area contributed by atoms with Crippen LogP contribution in [0.25, 0.3) is 10.9 Å². The van der Waals surface area contributed by atoms with Crippen LogP contribution in [0.3, 0.4) is 0 Å². The Morgan fingerprint density at radius 3 is 2.85 bits per heavy atom. The Hall–Kier alpha value is -2.13. The Labute approximate surface area is 168 Å². The number of carboxylic acid groups (broad SMARTS) is 1. The second-order valence-corrected chi connectivity index (χ2v) is 7.44. The van der Waals surface area contributed by atoms with E-state index in [1.807, 2.05) is 0 Å². The van der Waals surface area contributed by atoms with Crippen molar-refractivity contribution in [2.75, 3.05) is 13.2 Å². The summed E-state index contributed by atoms with van der Waals surface area (Å²) in [5, 5.41) is 14.6. The number of nitrogens with zero attached hydrogens (tertiary/aromatic N) is 3. The number of fused-ring (bicyclic) bond motifs is 1. The highest BCUT2D eigenvalue weighted by Gasteiger charge is 2.42. The fourth-order valence-corrected chi connectivity index (χ4v) is 4.09. The molecule has 0 aliphatic carbocycles. The summed E-state index contributed by atoms with van der Waals surface area (Å²) in [6.45, 7) is 1.97. The van der Waals surface area contributed by atoms with Gasteiger partial charge in [-0.1, -0.05) is 27.5 Å². The van der Waals surface area contributed by atoms with Gasteiger partial charge in [-0.05, 0) is 31.9 Å². The lowest BCUT2D eigenvalue weighted by Crippen LogP contribution is -2.45. The number of hydrogen-bond acceptors (Lipinski definition) is 5. The normalized spacial score (nSPS) is 17.9. The Kier molecular flexibility index (Phi) is 5.71. The number of aromatic nitrogens is 2. The number of ether oxygens (including phenoxy) is 1. The van der Waals surface area contributed by atoms with Gasteiger partial charge in [-0.2, -0.15) is 5.10 Å². The first kappa shape index (κ1) is 19.6. The monoisotopic (exact) mass is 457 g/mol. The number of carbonyl (C=O) groups is 3. The second kappa shape index (κ2) is 7.85. The van der Waals surface area contributed by atoms with Gasteiger partial charge in [0.25, 0.3) is 0 Å². The fraction of sp³-hybridized carbons (Fsp3) is 0.412. The molecule has 0 saturated carbocycles. The molecule has 1 aromatic heterocycles. The van der Waals surface area contributed by atoms with Crippen molar-refractivity contribution in [3.63, 3.8) is 0 Å². The van der Waals surface area contributed by atoms with E-state index in [1.54, 1.807) is 19.1 Å². The minimum atomic E-state index is -1.38. The summed E-state index contributed by atoms with van der Waals surface area (Å²) in [6, 6.07) is 1.10. The van der Waals surface area contributed by atoms with E-state index in [-0.39, 0.29) is 13.2 Å². The molecule has 1 aliphatic rings. The minimum Gasteiger partial charge on any atom is -0.465 e. The molecule has 1 N–H and O–H groups in total. The smallest absolute Gasteiger partial charge is 0.407 e. The van der Waals surface area contributed by atoms with Crippen LogP contribution in [-0.4, -0.2) is 56.8 Å². The molecule has 1 fully saturated rings. The van der Waals surface area contributed by atoms with Crippen LogP contribution in [0.1, 0.15) is 25.8 Å². The van der Waals surface area contributed by atoms with Crippen LogP contribution in [0.5, 0.6) is 0 Å². The first-order valence-electron chi connectivity index (χ1n) is 8.37. The molecule has 2 aromatic rings. The highest BCUT2D eigenvalue weighted by molar-refractivity contribution is 9.10. The van der Waals surface area contributed by atoms with Gasteiger partial charge < -0.3 is 9.84 Å². The number of carbonyl (C=O) groups excluding carboxylic acids is 2. The van der Waals surface area contributed by atoms with Crippen LogP contribution in [-0.2, 0) is 14.3 Å². The van der Waals surface area contributed by atoms with Crippen LogP contribution in [0, 0.1) is 0 Å². The number of esters is 1. The number of benzene rings is 1. The maximum atomic E-state index is 13.1. The van der Waals surface area contributed by atoms with Gasteiger partial charge in [0, 0.05) is 22.6 Å². The van der Waals surface area contributed by atoms with E-state index in [2.05, 4.69) is 21.0 Å². The molecular formula is C17H17BrClN3O5. The number of amides is 1. The summed E-state index contributed by atoms with van der Waals surface area (Å²) >= 11 is 9.55. The molecule has 1 amide bonds. The van der Waals surface area contributed by atoms with E-state index in [0.29, 0.717) is 33.2 Å². The summed E-state index contributed by atoms with van der Waals surface area (Å²) in [5.74, 6) is -1.33. The molecule has 1 saturated heterocycles. The third-order valence-electron chi connectivity index (χ3n) is 4.43. The summed E-state index contributed by atoms with van der Waals surface area (Å²) in [6.07, 6.45) is 1.22. The number of hydrogen-bond donors (Lipinski definition) is 1. The lowest BCUT2D eigenvalue weighted by atomic mass is 10.0. The van der Waals surface area contributed by atoms with Crippen molar-refractivity contribution >= 4 is 56.3 Å². The average molecular weight is 459 g/mol. The zero-order valence-corrected chi connectivity index (χ0v) is 16.7. The Morgan fingerprint density at radius 2 is 2.19 bits per heavy atom. The molecule has 1 aliphatic heterocycles. The maximum absolute atomic E-state index is 13.1. The summed E-state index contributed by atoms with van der Waals surface area (Å²) in [5.41, 5.74) is 0.498. The van der Waals surface area contributed by atoms with Crippen LogP contribution >= 0.6 is 27.5 Å². The number of Topliss-reactive ketones (excluding diaryl/α,β-unsaturated/α-hetero) is 1. The number of ketones is 1. The third kappa shape index (κ3) is 3.79. The zero-order valence-electron chi connectivity index (χ0n) is 14.4. The van der Waals surface area contributed by atoms with Crippen molar-refractivity contribution in [2.45, 2.75) is 31.8 Å². The SMILES string of the molecule is CCOC(=O)C(C(=O)[C@@H]1CCCN1C(=O)O)n1cc2c(Cl)cc(Br)cc2n1. The Balaban J connectivity index is 2.04. The summed E-state index contributed by atoms with van der Waals surface area (Å²) in [4.78, 5) is 38.1. The van der Waals surface area contributed by atoms with Crippen molar-refractivity contribution < 1.29 is 24.2 Å². The number of rotatable bonds is 5. The first-order chi connectivity index (χ1) is 12.8. The minimum absolute atomic E-state index is 0.0863. The topological polar surface area (TPSA) is 102 Å². The van der Waals surface area contributed by atoms with Gasteiger partial charge in [0.05, 0.1) is 23.2 Å². The van der Waals surface area contributed by atoms with Gasteiger partial charge in [-0.3, -0.25) is 9.69 Å². The molecule has 27 heavy (non-hydrogen) atoms.